The highest BCUT2D eigenvalue weighted by Gasteiger charge is 2.73. The summed E-state index contributed by atoms with van der Waals surface area (Å²) in [6.45, 7) is 0. The van der Waals surface area contributed by atoms with E-state index < -0.39 is 4.92 Å². The maximum Gasteiger partial charge on any atom is 0.279 e. The van der Waals surface area contributed by atoms with Crippen LogP contribution in [0, 0.1) is 50.5 Å². The van der Waals surface area contributed by atoms with Crippen LogP contribution < -0.4 is 0 Å². The molecule has 8 heteroatoms. The number of nitriles is 1. The van der Waals surface area contributed by atoms with Crippen molar-refractivity contribution in [3.05, 3.63) is 51.6 Å². The molecule has 1 spiro atoms. The van der Waals surface area contributed by atoms with Crippen LogP contribution in [0.4, 0.5) is 5.69 Å². The molecule has 1 aliphatic heterocycles. The summed E-state index contributed by atoms with van der Waals surface area (Å²) in [7, 11) is 0. The first-order valence-corrected chi connectivity index (χ1v) is 8.76. The lowest BCUT2D eigenvalue weighted by atomic mass is 9.85. The molecule has 0 N–H and O–H groups in total. The number of hydrogen-bond acceptors (Lipinski definition) is 6. The zero-order valence-electron chi connectivity index (χ0n) is 14.1. The molecule has 1 saturated heterocycles. The minimum absolute atomic E-state index is 0.105. The van der Waals surface area contributed by atoms with Gasteiger partial charge in [0.1, 0.15) is 0 Å². The van der Waals surface area contributed by atoms with Crippen LogP contribution in [0.1, 0.15) is 24.0 Å². The second-order valence-electron chi connectivity index (χ2n) is 7.60. The highest BCUT2D eigenvalue weighted by molar-refractivity contribution is 6.07. The largest absolute Gasteiger partial charge is 0.279 e. The fourth-order valence-electron chi connectivity index (χ4n) is 5.18. The highest BCUT2D eigenvalue weighted by Crippen LogP contribution is 2.73. The summed E-state index contributed by atoms with van der Waals surface area (Å²) >= 11 is 0. The Balaban J connectivity index is 1.45. The van der Waals surface area contributed by atoms with Gasteiger partial charge in [0.15, 0.2) is 0 Å². The van der Waals surface area contributed by atoms with Gasteiger partial charge in [0.2, 0.25) is 0 Å². The molecule has 8 nitrogen and oxygen atoms in total. The Morgan fingerprint density at radius 2 is 1.85 bits per heavy atom. The van der Waals surface area contributed by atoms with Gasteiger partial charge < -0.3 is 0 Å². The van der Waals surface area contributed by atoms with Gasteiger partial charge in [-0.25, -0.2) is 0 Å². The average Bonchev–Trinajstić information content (AvgIpc) is 3.26. The van der Waals surface area contributed by atoms with Crippen LogP contribution in [0.3, 0.4) is 0 Å². The molecule has 0 radical (unpaired) electrons. The molecule has 27 heavy (non-hydrogen) atoms. The van der Waals surface area contributed by atoms with Crippen molar-refractivity contribution in [2.75, 3.05) is 0 Å². The number of nitro groups is 1. The first-order chi connectivity index (χ1) is 13.0. The topological polar surface area (TPSA) is 117 Å². The van der Waals surface area contributed by atoms with Crippen LogP contribution in [0.15, 0.2) is 35.5 Å². The summed E-state index contributed by atoms with van der Waals surface area (Å²) in [5.74, 6) is -1.14. The van der Waals surface area contributed by atoms with E-state index in [4.69, 9.17) is 5.26 Å². The summed E-state index contributed by atoms with van der Waals surface area (Å²) in [5.41, 5.74) is 0.105. The molecule has 1 aromatic carbocycles. The van der Waals surface area contributed by atoms with Crippen molar-refractivity contribution < 1.29 is 14.5 Å². The average molecular weight is 362 g/mol. The second-order valence-corrected chi connectivity index (χ2v) is 7.60. The van der Waals surface area contributed by atoms with E-state index in [1.807, 2.05) is 6.07 Å². The third kappa shape index (κ3) is 1.94. The maximum atomic E-state index is 12.8. The molecule has 1 heterocycles. The molecule has 3 aliphatic carbocycles. The Hall–Kier alpha value is -3.34. The quantitative estimate of drug-likeness (QED) is 0.268. The van der Waals surface area contributed by atoms with E-state index in [2.05, 4.69) is 17.3 Å². The second kappa shape index (κ2) is 5.10. The van der Waals surface area contributed by atoms with Crippen molar-refractivity contribution in [1.29, 1.82) is 5.26 Å². The summed E-state index contributed by atoms with van der Waals surface area (Å²) in [6, 6.07) is 5.80. The molecular formula is C19H14N4O4. The minimum atomic E-state index is -0.619. The van der Waals surface area contributed by atoms with Crippen LogP contribution in [0.2, 0.25) is 0 Å². The molecule has 2 saturated carbocycles. The van der Waals surface area contributed by atoms with E-state index in [9.17, 15) is 19.7 Å². The van der Waals surface area contributed by atoms with Gasteiger partial charge in [0, 0.05) is 6.07 Å². The van der Waals surface area contributed by atoms with E-state index in [1.54, 1.807) is 0 Å². The zero-order chi connectivity index (χ0) is 18.9. The van der Waals surface area contributed by atoms with Crippen molar-refractivity contribution in [2.24, 2.45) is 34.2 Å². The van der Waals surface area contributed by atoms with E-state index in [1.165, 1.54) is 12.1 Å². The Labute approximate surface area is 153 Å². The summed E-state index contributed by atoms with van der Waals surface area (Å²) in [6.07, 6.45) is 7.41. The molecule has 4 unspecified atom stereocenters. The summed E-state index contributed by atoms with van der Waals surface area (Å²) in [4.78, 5) is 36.3. The number of rotatable bonds is 3. The van der Waals surface area contributed by atoms with Crippen molar-refractivity contribution >= 4 is 23.7 Å². The molecule has 2 bridgehead atoms. The van der Waals surface area contributed by atoms with Gasteiger partial charge in [-0.05, 0) is 42.2 Å². The molecule has 3 fully saturated rings. The molecule has 2 amide bonds. The number of allylic oxidation sites excluding steroid dienone is 2. The number of benzene rings is 1. The smallest absolute Gasteiger partial charge is 0.272 e. The lowest BCUT2D eigenvalue weighted by Crippen LogP contribution is -2.30. The molecule has 134 valence electrons. The van der Waals surface area contributed by atoms with Gasteiger partial charge in [0.05, 0.1) is 40.2 Å². The number of nitrogens with zero attached hydrogens (tertiary/aromatic N) is 4. The SMILES string of the molecule is N#Cc1ccc(/C=N/N2C(=O)C3C(C2=O)C2C=CC3C23CC3)c([N+](=O)[O-])c1. The fourth-order valence-corrected chi connectivity index (χ4v) is 5.18. The lowest BCUT2D eigenvalue weighted by molar-refractivity contribution is -0.385. The fraction of sp³-hybridized carbons (Fsp3) is 0.368. The van der Waals surface area contributed by atoms with Crippen molar-refractivity contribution in [2.45, 2.75) is 12.8 Å². The van der Waals surface area contributed by atoms with E-state index in [0.717, 1.165) is 30.1 Å². The number of hydrogen-bond donors (Lipinski definition) is 0. The van der Waals surface area contributed by atoms with Gasteiger partial charge in [-0.3, -0.25) is 19.7 Å². The van der Waals surface area contributed by atoms with Gasteiger partial charge >= 0.3 is 0 Å². The Kier molecular flexibility index (Phi) is 3.00. The highest BCUT2D eigenvalue weighted by atomic mass is 16.6. The first kappa shape index (κ1) is 15.9. The third-order valence-electron chi connectivity index (χ3n) is 6.50. The molecular weight excluding hydrogens is 348 g/mol. The van der Waals surface area contributed by atoms with Crippen molar-refractivity contribution in [3.63, 3.8) is 0 Å². The van der Waals surface area contributed by atoms with Gasteiger partial charge in [-0.2, -0.15) is 15.4 Å². The van der Waals surface area contributed by atoms with E-state index in [-0.39, 0.29) is 57.7 Å². The molecule has 0 aromatic heterocycles. The predicted octanol–water partition coefficient (Wildman–Crippen LogP) is 2.00. The van der Waals surface area contributed by atoms with Crippen LogP contribution >= 0.6 is 0 Å². The van der Waals surface area contributed by atoms with Crippen LogP contribution in [-0.2, 0) is 9.59 Å². The van der Waals surface area contributed by atoms with E-state index in [0.29, 0.717) is 0 Å². The predicted molar refractivity (Wildman–Crippen MR) is 92.0 cm³/mol. The maximum absolute atomic E-state index is 12.8. The lowest BCUT2D eigenvalue weighted by Gasteiger charge is -2.18. The summed E-state index contributed by atoms with van der Waals surface area (Å²) in [5, 5.41) is 25.0. The van der Waals surface area contributed by atoms with Gasteiger partial charge in [-0.1, -0.05) is 12.2 Å². The number of amides is 2. The Bertz CT molecular complexity index is 983. The standard InChI is InChI=1S/C19H14N4O4/c20-8-10-1-2-11(14(7-10)23(26)27)9-21-22-17(24)15-12-3-4-13(16(15)18(22)25)19(12)5-6-19/h1-4,7,9,12-13,15-16H,5-6H2/b21-9+. The number of nitro benzene ring substituents is 1. The van der Waals surface area contributed by atoms with E-state index >= 15 is 0 Å². The van der Waals surface area contributed by atoms with Crippen LogP contribution in [0.25, 0.3) is 0 Å². The number of imide groups is 1. The zero-order valence-corrected chi connectivity index (χ0v) is 14.1. The normalized spacial score (nSPS) is 31.7. The Morgan fingerprint density at radius 3 is 2.37 bits per heavy atom. The van der Waals surface area contributed by atoms with Crippen LogP contribution in [-0.4, -0.2) is 28.0 Å². The number of hydrazone groups is 1. The summed E-state index contributed by atoms with van der Waals surface area (Å²) < 4.78 is 0. The van der Waals surface area contributed by atoms with Gasteiger partial charge in [0.25, 0.3) is 17.5 Å². The number of carbonyl (C=O) groups is 2. The Morgan fingerprint density at radius 1 is 1.22 bits per heavy atom. The van der Waals surface area contributed by atoms with Crippen molar-refractivity contribution in [1.82, 2.24) is 5.01 Å². The molecule has 4 atom stereocenters. The van der Waals surface area contributed by atoms with Gasteiger partial charge in [-0.15, -0.1) is 0 Å². The monoisotopic (exact) mass is 362 g/mol. The van der Waals surface area contributed by atoms with Crippen LogP contribution in [0.5, 0.6) is 0 Å². The number of carbonyl (C=O) groups excluding carboxylic acids is 2. The van der Waals surface area contributed by atoms with Crippen molar-refractivity contribution in [3.8, 4) is 6.07 Å². The number of fused-ring (bicyclic) bond motifs is 3. The molecule has 4 aliphatic rings. The third-order valence-corrected chi connectivity index (χ3v) is 6.50. The first-order valence-electron chi connectivity index (χ1n) is 8.76. The minimum Gasteiger partial charge on any atom is -0.272 e. The molecule has 5 rings (SSSR count). The molecule has 1 aromatic rings.